The Balaban J connectivity index is 1.59. The lowest BCUT2D eigenvalue weighted by Crippen LogP contribution is -2.26. The van der Waals surface area contributed by atoms with Gasteiger partial charge in [-0.05, 0) is 41.3 Å². The number of hydrogen-bond acceptors (Lipinski definition) is 4. The van der Waals surface area contributed by atoms with Crippen LogP contribution < -0.4 is 9.64 Å². The highest BCUT2D eigenvalue weighted by Gasteiger charge is 2.35. The van der Waals surface area contributed by atoms with E-state index in [1.54, 1.807) is 4.90 Å². The Bertz CT molecular complexity index is 796. The summed E-state index contributed by atoms with van der Waals surface area (Å²) in [6.07, 6.45) is 0.192. The Morgan fingerprint density at radius 1 is 1.11 bits per heavy atom. The fraction of sp³-hybridized carbons (Fsp3) is 0.364. The Morgan fingerprint density at radius 3 is 2.37 bits per heavy atom. The zero-order chi connectivity index (χ0) is 19.4. The molecule has 1 heterocycles. The predicted molar refractivity (Wildman–Crippen MR) is 104 cm³/mol. The largest absolute Gasteiger partial charge is 0.489 e. The molecule has 142 valence electrons. The Labute approximate surface area is 159 Å². The Morgan fingerprint density at radius 2 is 1.78 bits per heavy atom. The first-order chi connectivity index (χ1) is 13.0. The molecule has 1 fully saturated rings. The molecule has 0 saturated carbocycles. The van der Waals surface area contributed by atoms with Crippen molar-refractivity contribution >= 4 is 17.6 Å². The van der Waals surface area contributed by atoms with Crippen LogP contribution in [0.5, 0.6) is 5.75 Å². The summed E-state index contributed by atoms with van der Waals surface area (Å²) in [5, 5.41) is 0. The van der Waals surface area contributed by atoms with Gasteiger partial charge in [0.15, 0.2) is 0 Å². The van der Waals surface area contributed by atoms with E-state index in [-0.39, 0.29) is 18.3 Å². The van der Waals surface area contributed by atoms with Crippen molar-refractivity contribution in [3.8, 4) is 5.75 Å². The molecule has 0 aromatic heterocycles. The molecule has 0 spiro atoms. The number of ether oxygens (including phenoxy) is 2. The molecular formula is C22H25NO4. The third-order valence-electron chi connectivity index (χ3n) is 4.86. The molecule has 1 atom stereocenters. The minimum absolute atomic E-state index is 0.0655. The average molecular weight is 367 g/mol. The monoisotopic (exact) mass is 367 g/mol. The molecule has 2 aromatic carbocycles. The minimum Gasteiger partial charge on any atom is -0.489 e. The van der Waals surface area contributed by atoms with Crippen LogP contribution in [0.3, 0.4) is 0 Å². The van der Waals surface area contributed by atoms with Crippen molar-refractivity contribution in [3.05, 3.63) is 59.7 Å². The molecule has 0 aliphatic carbocycles. The zero-order valence-electron chi connectivity index (χ0n) is 16.0. The van der Waals surface area contributed by atoms with Crippen LogP contribution in [0, 0.1) is 5.92 Å². The number of carbonyl (C=O) groups is 2. The summed E-state index contributed by atoms with van der Waals surface area (Å²) in [4.78, 5) is 25.4. The number of carbonyl (C=O) groups excluding carboxylic acids is 2. The molecule has 3 rings (SSSR count). The third kappa shape index (κ3) is 4.48. The normalized spacial score (nSPS) is 16.7. The van der Waals surface area contributed by atoms with Crippen LogP contribution in [0.25, 0.3) is 0 Å². The van der Waals surface area contributed by atoms with Gasteiger partial charge < -0.3 is 14.4 Å². The zero-order valence-corrected chi connectivity index (χ0v) is 16.0. The van der Waals surface area contributed by atoms with E-state index in [2.05, 4.69) is 38.1 Å². The van der Waals surface area contributed by atoms with Crippen molar-refractivity contribution < 1.29 is 19.1 Å². The summed E-state index contributed by atoms with van der Waals surface area (Å²) in [6, 6.07) is 15.8. The molecule has 1 amide bonds. The van der Waals surface area contributed by atoms with Crippen LogP contribution in [0.4, 0.5) is 5.69 Å². The molecular weight excluding hydrogens is 342 g/mol. The van der Waals surface area contributed by atoms with E-state index in [9.17, 15) is 9.59 Å². The van der Waals surface area contributed by atoms with E-state index in [0.29, 0.717) is 19.1 Å². The van der Waals surface area contributed by atoms with Gasteiger partial charge in [-0.3, -0.25) is 9.59 Å². The van der Waals surface area contributed by atoms with E-state index in [4.69, 9.17) is 9.47 Å². The number of amides is 1. The van der Waals surface area contributed by atoms with Gasteiger partial charge in [-0.2, -0.15) is 0 Å². The molecule has 1 unspecified atom stereocenters. The van der Waals surface area contributed by atoms with Crippen LogP contribution in [0.15, 0.2) is 48.5 Å². The van der Waals surface area contributed by atoms with Crippen molar-refractivity contribution in [2.45, 2.75) is 32.8 Å². The highest BCUT2D eigenvalue weighted by molar-refractivity contribution is 5.99. The van der Waals surface area contributed by atoms with Gasteiger partial charge in [-0.25, -0.2) is 0 Å². The number of methoxy groups -OCH3 is 1. The maximum absolute atomic E-state index is 12.2. The second-order valence-corrected chi connectivity index (χ2v) is 7.11. The molecule has 1 aliphatic rings. The molecule has 1 saturated heterocycles. The van der Waals surface area contributed by atoms with Crippen molar-refractivity contribution in [2.24, 2.45) is 5.92 Å². The van der Waals surface area contributed by atoms with Gasteiger partial charge in [0.25, 0.3) is 0 Å². The highest BCUT2D eigenvalue weighted by atomic mass is 16.5. The minimum atomic E-state index is -0.396. The fourth-order valence-corrected chi connectivity index (χ4v) is 3.17. The van der Waals surface area contributed by atoms with Crippen LogP contribution in [-0.2, 0) is 20.9 Å². The summed E-state index contributed by atoms with van der Waals surface area (Å²) in [7, 11) is 1.35. The first-order valence-electron chi connectivity index (χ1n) is 9.18. The van der Waals surface area contributed by atoms with Crippen LogP contribution >= 0.6 is 0 Å². The maximum Gasteiger partial charge on any atom is 0.311 e. The third-order valence-corrected chi connectivity index (χ3v) is 4.86. The van der Waals surface area contributed by atoms with Crippen LogP contribution in [-0.4, -0.2) is 25.5 Å². The van der Waals surface area contributed by atoms with E-state index >= 15 is 0 Å². The second kappa shape index (κ2) is 8.25. The lowest BCUT2D eigenvalue weighted by molar-refractivity contribution is -0.145. The quantitative estimate of drug-likeness (QED) is 0.726. The number of esters is 1. The first-order valence-corrected chi connectivity index (χ1v) is 9.18. The summed E-state index contributed by atoms with van der Waals surface area (Å²) in [5.41, 5.74) is 3.18. The summed E-state index contributed by atoms with van der Waals surface area (Å²) >= 11 is 0. The fourth-order valence-electron chi connectivity index (χ4n) is 3.17. The topological polar surface area (TPSA) is 55.8 Å². The number of benzene rings is 2. The SMILES string of the molecule is COC(=O)C1CC(=O)N(c2ccc(OCc3ccc(C(C)C)cc3)cc2)C1. The van der Waals surface area contributed by atoms with Gasteiger partial charge in [0.05, 0.1) is 13.0 Å². The van der Waals surface area contributed by atoms with E-state index < -0.39 is 5.92 Å². The first kappa shape index (κ1) is 19.0. The van der Waals surface area contributed by atoms with Gasteiger partial charge in [0.2, 0.25) is 5.91 Å². The van der Waals surface area contributed by atoms with Crippen LogP contribution in [0.2, 0.25) is 0 Å². The van der Waals surface area contributed by atoms with E-state index in [1.165, 1.54) is 12.7 Å². The summed E-state index contributed by atoms with van der Waals surface area (Å²) in [5.74, 6) is 0.452. The van der Waals surface area contributed by atoms with Gasteiger partial charge >= 0.3 is 5.97 Å². The number of anilines is 1. The Kier molecular flexibility index (Phi) is 5.79. The predicted octanol–water partition coefficient (Wildman–Crippen LogP) is 3.91. The van der Waals surface area contributed by atoms with Gasteiger partial charge in [0, 0.05) is 18.7 Å². The molecule has 0 radical (unpaired) electrons. The lowest BCUT2D eigenvalue weighted by atomic mass is 10.0. The summed E-state index contributed by atoms with van der Waals surface area (Å²) in [6.45, 7) is 5.19. The highest BCUT2D eigenvalue weighted by Crippen LogP contribution is 2.27. The standard InChI is InChI=1S/C22H25NO4/c1-15(2)17-6-4-16(5-7-17)14-27-20-10-8-19(9-11-20)23-13-18(12-21(23)24)22(25)26-3/h4-11,15,18H,12-14H2,1-3H3. The Hall–Kier alpha value is -2.82. The smallest absolute Gasteiger partial charge is 0.311 e. The number of hydrogen-bond donors (Lipinski definition) is 0. The van der Waals surface area contributed by atoms with Crippen molar-refractivity contribution in [3.63, 3.8) is 0 Å². The number of rotatable bonds is 6. The van der Waals surface area contributed by atoms with Crippen LogP contribution in [0.1, 0.15) is 37.3 Å². The van der Waals surface area contributed by atoms with Gasteiger partial charge in [-0.15, -0.1) is 0 Å². The van der Waals surface area contributed by atoms with E-state index in [0.717, 1.165) is 17.0 Å². The molecule has 1 aliphatic heterocycles. The lowest BCUT2D eigenvalue weighted by Gasteiger charge is -2.17. The molecule has 27 heavy (non-hydrogen) atoms. The molecule has 5 heteroatoms. The number of nitrogens with zero attached hydrogens (tertiary/aromatic N) is 1. The van der Waals surface area contributed by atoms with Gasteiger partial charge in [-0.1, -0.05) is 38.1 Å². The van der Waals surface area contributed by atoms with Crippen molar-refractivity contribution in [1.82, 2.24) is 0 Å². The molecule has 0 N–H and O–H groups in total. The molecule has 5 nitrogen and oxygen atoms in total. The average Bonchev–Trinajstić information content (AvgIpc) is 3.08. The van der Waals surface area contributed by atoms with Gasteiger partial charge in [0.1, 0.15) is 12.4 Å². The summed E-state index contributed by atoms with van der Waals surface area (Å²) < 4.78 is 10.6. The van der Waals surface area contributed by atoms with Crippen molar-refractivity contribution in [1.29, 1.82) is 0 Å². The molecule has 2 aromatic rings. The second-order valence-electron chi connectivity index (χ2n) is 7.11. The molecule has 0 bridgehead atoms. The van der Waals surface area contributed by atoms with E-state index in [1.807, 2.05) is 24.3 Å². The van der Waals surface area contributed by atoms with Crippen molar-refractivity contribution in [2.75, 3.05) is 18.6 Å². The maximum atomic E-state index is 12.2.